The summed E-state index contributed by atoms with van der Waals surface area (Å²) in [4.78, 5) is 0. The lowest BCUT2D eigenvalue weighted by molar-refractivity contribution is 0.474. The van der Waals surface area contributed by atoms with E-state index in [0.717, 1.165) is 22.3 Å². The minimum absolute atomic E-state index is 0.274. The SMILES string of the molecule is Oc1c(Br)cc(-c2ccccc2)cc1-c1ccccc1. The summed E-state index contributed by atoms with van der Waals surface area (Å²) in [6.45, 7) is 0. The van der Waals surface area contributed by atoms with Gasteiger partial charge in [0, 0.05) is 5.56 Å². The molecule has 0 heterocycles. The monoisotopic (exact) mass is 324 g/mol. The van der Waals surface area contributed by atoms with Crippen molar-refractivity contribution in [3.8, 4) is 28.0 Å². The molecule has 0 fully saturated rings. The summed E-state index contributed by atoms with van der Waals surface area (Å²) in [6.07, 6.45) is 0. The molecule has 0 radical (unpaired) electrons. The molecule has 1 nitrogen and oxygen atoms in total. The molecular weight excluding hydrogens is 312 g/mol. The molecule has 0 aliphatic rings. The van der Waals surface area contributed by atoms with Gasteiger partial charge >= 0.3 is 0 Å². The van der Waals surface area contributed by atoms with E-state index < -0.39 is 0 Å². The molecule has 0 unspecified atom stereocenters. The van der Waals surface area contributed by atoms with Crippen molar-refractivity contribution in [3.63, 3.8) is 0 Å². The maximum Gasteiger partial charge on any atom is 0.137 e. The molecule has 0 saturated carbocycles. The maximum absolute atomic E-state index is 10.3. The minimum Gasteiger partial charge on any atom is -0.506 e. The summed E-state index contributed by atoms with van der Waals surface area (Å²) in [5, 5.41) is 10.3. The third-order valence-electron chi connectivity index (χ3n) is 3.26. The second kappa shape index (κ2) is 5.51. The van der Waals surface area contributed by atoms with Crippen LogP contribution >= 0.6 is 15.9 Å². The van der Waals surface area contributed by atoms with E-state index in [1.807, 2.05) is 60.7 Å². The highest BCUT2D eigenvalue weighted by Gasteiger charge is 2.10. The average molecular weight is 325 g/mol. The topological polar surface area (TPSA) is 20.2 Å². The molecule has 20 heavy (non-hydrogen) atoms. The minimum atomic E-state index is 0.274. The summed E-state index contributed by atoms with van der Waals surface area (Å²) in [5.41, 5.74) is 4.04. The van der Waals surface area contributed by atoms with E-state index in [4.69, 9.17) is 0 Å². The van der Waals surface area contributed by atoms with Crippen LogP contribution in [0.15, 0.2) is 77.3 Å². The second-order valence-corrected chi connectivity index (χ2v) is 5.44. The Bertz CT molecular complexity index is 721. The smallest absolute Gasteiger partial charge is 0.137 e. The first-order chi connectivity index (χ1) is 9.75. The van der Waals surface area contributed by atoms with Gasteiger partial charge in [0.2, 0.25) is 0 Å². The lowest BCUT2D eigenvalue weighted by atomic mass is 9.98. The van der Waals surface area contributed by atoms with E-state index in [-0.39, 0.29) is 5.75 Å². The quantitative estimate of drug-likeness (QED) is 0.661. The number of halogens is 1. The zero-order chi connectivity index (χ0) is 13.9. The Labute approximate surface area is 126 Å². The predicted octanol–water partition coefficient (Wildman–Crippen LogP) is 5.49. The average Bonchev–Trinajstić information content (AvgIpc) is 2.51. The molecule has 0 amide bonds. The van der Waals surface area contributed by atoms with Crippen LogP contribution in [0, 0.1) is 0 Å². The van der Waals surface area contributed by atoms with E-state index in [1.54, 1.807) is 0 Å². The number of hydrogen-bond donors (Lipinski definition) is 1. The maximum atomic E-state index is 10.3. The van der Waals surface area contributed by atoms with Gasteiger partial charge in [-0.1, -0.05) is 60.7 Å². The molecule has 3 rings (SSSR count). The lowest BCUT2D eigenvalue weighted by Crippen LogP contribution is -1.84. The molecule has 3 aromatic carbocycles. The van der Waals surface area contributed by atoms with E-state index >= 15 is 0 Å². The van der Waals surface area contributed by atoms with Gasteiger partial charge in [0.15, 0.2) is 0 Å². The van der Waals surface area contributed by atoms with Crippen LogP contribution in [0.4, 0.5) is 0 Å². The Morgan fingerprint density at radius 3 is 1.80 bits per heavy atom. The van der Waals surface area contributed by atoms with Gasteiger partial charge in [0.05, 0.1) is 4.47 Å². The van der Waals surface area contributed by atoms with Crippen LogP contribution in [0.2, 0.25) is 0 Å². The van der Waals surface area contributed by atoms with Crippen LogP contribution in [-0.4, -0.2) is 5.11 Å². The first kappa shape index (κ1) is 12.9. The first-order valence-electron chi connectivity index (χ1n) is 6.39. The van der Waals surface area contributed by atoms with Crippen molar-refractivity contribution >= 4 is 15.9 Å². The summed E-state index contributed by atoms with van der Waals surface area (Å²) < 4.78 is 0.706. The van der Waals surface area contributed by atoms with E-state index in [0.29, 0.717) is 4.47 Å². The second-order valence-electron chi connectivity index (χ2n) is 4.59. The standard InChI is InChI=1S/C18H13BrO/c19-17-12-15(13-7-3-1-4-8-13)11-16(18(17)20)14-9-5-2-6-10-14/h1-12,20H. The van der Waals surface area contributed by atoms with Crippen molar-refractivity contribution in [1.82, 2.24) is 0 Å². The normalized spacial score (nSPS) is 10.4. The zero-order valence-corrected chi connectivity index (χ0v) is 12.3. The van der Waals surface area contributed by atoms with Gasteiger partial charge in [-0.05, 0) is 44.8 Å². The van der Waals surface area contributed by atoms with Crippen LogP contribution in [0.3, 0.4) is 0 Å². The number of aromatic hydroxyl groups is 1. The van der Waals surface area contributed by atoms with Crippen molar-refractivity contribution in [2.45, 2.75) is 0 Å². The van der Waals surface area contributed by atoms with Crippen LogP contribution in [0.25, 0.3) is 22.3 Å². The predicted molar refractivity (Wildman–Crippen MR) is 86.7 cm³/mol. The number of rotatable bonds is 2. The highest BCUT2D eigenvalue weighted by molar-refractivity contribution is 9.10. The Morgan fingerprint density at radius 1 is 0.650 bits per heavy atom. The summed E-state index contributed by atoms with van der Waals surface area (Å²) in [6, 6.07) is 24.0. The Morgan fingerprint density at radius 2 is 1.20 bits per heavy atom. The number of phenols is 1. The Balaban J connectivity index is 2.19. The fraction of sp³-hybridized carbons (Fsp3) is 0. The molecule has 0 aliphatic carbocycles. The van der Waals surface area contributed by atoms with Gasteiger partial charge in [0.1, 0.15) is 5.75 Å². The van der Waals surface area contributed by atoms with Crippen LogP contribution in [0.5, 0.6) is 5.75 Å². The van der Waals surface area contributed by atoms with Gasteiger partial charge in [-0.3, -0.25) is 0 Å². The van der Waals surface area contributed by atoms with E-state index in [1.165, 1.54) is 0 Å². The van der Waals surface area contributed by atoms with Crippen molar-refractivity contribution < 1.29 is 5.11 Å². The molecule has 0 bridgehead atoms. The van der Waals surface area contributed by atoms with Gasteiger partial charge < -0.3 is 5.11 Å². The van der Waals surface area contributed by atoms with Gasteiger partial charge in [-0.15, -0.1) is 0 Å². The molecule has 0 saturated heterocycles. The molecule has 0 atom stereocenters. The Hall–Kier alpha value is -2.06. The van der Waals surface area contributed by atoms with Crippen molar-refractivity contribution in [3.05, 3.63) is 77.3 Å². The molecular formula is C18H13BrO. The fourth-order valence-electron chi connectivity index (χ4n) is 2.23. The van der Waals surface area contributed by atoms with Crippen LogP contribution in [-0.2, 0) is 0 Å². The molecule has 2 heteroatoms. The molecule has 0 spiro atoms. The third-order valence-corrected chi connectivity index (χ3v) is 3.86. The number of phenolic OH excluding ortho intramolecular Hbond substituents is 1. The van der Waals surface area contributed by atoms with Crippen LogP contribution < -0.4 is 0 Å². The highest BCUT2D eigenvalue weighted by atomic mass is 79.9. The molecule has 98 valence electrons. The molecule has 0 aromatic heterocycles. The zero-order valence-electron chi connectivity index (χ0n) is 10.8. The lowest BCUT2D eigenvalue weighted by Gasteiger charge is -2.10. The molecule has 3 aromatic rings. The van der Waals surface area contributed by atoms with Gasteiger partial charge in [-0.2, -0.15) is 0 Å². The number of hydrogen-bond acceptors (Lipinski definition) is 1. The van der Waals surface area contributed by atoms with E-state index in [2.05, 4.69) is 28.1 Å². The highest BCUT2D eigenvalue weighted by Crippen LogP contribution is 2.39. The largest absolute Gasteiger partial charge is 0.506 e. The summed E-state index contributed by atoms with van der Waals surface area (Å²) >= 11 is 3.44. The van der Waals surface area contributed by atoms with E-state index in [9.17, 15) is 5.11 Å². The van der Waals surface area contributed by atoms with Crippen molar-refractivity contribution in [1.29, 1.82) is 0 Å². The van der Waals surface area contributed by atoms with Gasteiger partial charge in [0.25, 0.3) is 0 Å². The van der Waals surface area contributed by atoms with Gasteiger partial charge in [-0.25, -0.2) is 0 Å². The van der Waals surface area contributed by atoms with Crippen molar-refractivity contribution in [2.75, 3.05) is 0 Å². The first-order valence-corrected chi connectivity index (χ1v) is 7.18. The molecule has 0 aliphatic heterocycles. The van der Waals surface area contributed by atoms with Crippen LogP contribution in [0.1, 0.15) is 0 Å². The van der Waals surface area contributed by atoms with Crippen molar-refractivity contribution in [2.24, 2.45) is 0 Å². The number of benzene rings is 3. The fourth-order valence-corrected chi connectivity index (χ4v) is 2.69. The molecule has 1 N–H and O–H groups in total. The summed E-state index contributed by atoms with van der Waals surface area (Å²) in [7, 11) is 0. The Kier molecular flexibility index (Phi) is 3.57. The third kappa shape index (κ3) is 2.47. The summed E-state index contributed by atoms with van der Waals surface area (Å²) in [5.74, 6) is 0.274.